The smallest absolute Gasteiger partial charge is 0.340 e. The number of nitrogens with zero attached hydrogens (tertiary/aromatic N) is 1. The van der Waals surface area contributed by atoms with Gasteiger partial charge in [-0.15, -0.1) is 0 Å². The number of aryl methyl sites for hydroxylation is 1. The van der Waals surface area contributed by atoms with E-state index in [-0.39, 0.29) is 24.0 Å². The predicted octanol–water partition coefficient (Wildman–Crippen LogP) is 6.33. The fourth-order valence-corrected chi connectivity index (χ4v) is 7.92. The van der Waals surface area contributed by atoms with Crippen molar-refractivity contribution < 1.29 is 24.5 Å². The second-order valence-corrected chi connectivity index (χ2v) is 13.1. The molecule has 1 unspecified atom stereocenters. The number of allylic oxidation sites excluding steroid dienone is 3. The molecule has 220 valence electrons. The number of aliphatic hydroxyl groups is 1. The molecule has 2 N–H and O–H groups in total. The second kappa shape index (κ2) is 11.6. The zero-order chi connectivity index (χ0) is 28.6. The molecule has 0 aromatic heterocycles. The molecule has 6 nitrogen and oxygen atoms in total. The summed E-state index contributed by atoms with van der Waals surface area (Å²) in [5, 5.41) is 22.5. The van der Waals surface area contributed by atoms with Crippen LogP contribution in [-0.2, 0) is 26.1 Å². The van der Waals surface area contributed by atoms with Gasteiger partial charge in [-0.25, -0.2) is 4.79 Å². The van der Waals surface area contributed by atoms with Crippen LogP contribution in [-0.4, -0.2) is 59.1 Å². The van der Waals surface area contributed by atoms with E-state index < -0.39 is 11.6 Å². The highest BCUT2D eigenvalue weighted by atomic mass is 35.5. The van der Waals surface area contributed by atoms with E-state index in [0.29, 0.717) is 23.8 Å². The number of aliphatic carboxylic acids is 1. The van der Waals surface area contributed by atoms with Gasteiger partial charge in [-0.05, 0) is 117 Å². The van der Waals surface area contributed by atoms with Crippen molar-refractivity contribution in [2.24, 2.45) is 11.8 Å². The van der Waals surface area contributed by atoms with Crippen LogP contribution in [0.15, 0.2) is 66.1 Å². The molecule has 3 aliphatic heterocycles. The zero-order valence-corrected chi connectivity index (χ0v) is 24.7. The van der Waals surface area contributed by atoms with Crippen molar-refractivity contribution in [3.63, 3.8) is 0 Å². The van der Waals surface area contributed by atoms with Gasteiger partial charge in [0.15, 0.2) is 11.7 Å². The first-order chi connectivity index (χ1) is 19.8. The van der Waals surface area contributed by atoms with Crippen LogP contribution in [0.1, 0.15) is 68.9 Å². The van der Waals surface area contributed by atoms with Gasteiger partial charge in [0.25, 0.3) is 0 Å². The number of ether oxygens (including phenoxy) is 2. The Morgan fingerprint density at radius 1 is 1.15 bits per heavy atom. The zero-order valence-electron chi connectivity index (χ0n) is 23.9. The molecule has 6 rings (SSSR count). The highest BCUT2D eigenvalue weighted by Gasteiger charge is 2.55. The summed E-state index contributed by atoms with van der Waals surface area (Å²) >= 11 is 6.43. The van der Waals surface area contributed by atoms with Gasteiger partial charge >= 0.3 is 5.97 Å². The maximum atomic E-state index is 12.5. The summed E-state index contributed by atoms with van der Waals surface area (Å²) in [6.45, 7) is 1.58. The van der Waals surface area contributed by atoms with E-state index in [0.717, 1.165) is 75.2 Å². The Bertz CT molecular complexity index is 1290. The van der Waals surface area contributed by atoms with Crippen LogP contribution < -0.4 is 0 Å². The van der Waals surface area contributed by atoms with Gasteiger partial charge in [0.1, 0.15) is 5.76 Å². The lowest BCUT2D eigenvalue weighted by Crippen LogP contribution is -2.49. The van der Waals surface area contributed by atoms with Crippen molar-refractivity contribution in [3.05, 3.63) is 82.3 Å². The highest BCUT2D eigenvalue weighted by Crippen LogP contribution is 2.52. The highest BCUT2D eigenvalue weighted by molar-refractivity contribution is 6.30. The van der Waals surface area contributed by atoms with Gasteiger partial charge in [-0.3, -0.25) is 0 Å². The van der Waals surface area contributed by atoms with Crippen LogP contribution in [0, 0.1) is 11.8 Å². The van der Waals surface area contributed by atoms with Gasteiger partial charge in [0.05, 0.1) is 11.5 Å². The molecule has 1 saturated heterocycles. The first kappa shape index (κ1) is 28.6. The van der Waals surface area contributed by atoms with Crippen molar-refractivity contribution in [2.45, 2.75) is 87.4 Å². The lowest BCUT2D eigenvalue weighted by Gasteiger charge is -2.46. The van der Waals surface area contributed by atoms with Crippen molar-refractivity contribution in [1.82, 2.24) is 4.90 Å². The molecule has 1 saturated carbocycles. The number of carbonyl (C=O) groups is 1. The Kier molecular flexibility index (Phi) is 8.10. The third-order valence-electron chi connectivity index (χ3n) is 10.2. The first-order valence-corrected chi connectivity index (χ1v) is 15.7. The quantitative estimate of drug-likeness (QED) is 0.315. The summed E-state index contributed by atoms with van der Waals surface area (Å²) in [6.07, 6.45) is 20.8. The number of epoxide rings is 1. The average molecular weight is 580 g/mol. The van der Waals surface area contributed by atoms with Crippen LogP contribution in [0.5, 0.6) is 0 Å². The number of benzene rings is 1. The number of rotatable bonds is 2. The standard InChI is InChI=1S/C34H42ClNO5/c1-40-29-9-5-3-2-4-6-18-34(39,32(37)38)25-11-15-30-31(41-30)33(17-7-8-23-20-26(35)12-14-28(23)33)22-36(19-16-25)21-24-10-13-27(24)29/h5,9,11-12,14-16,19-20,24,27,29,31,39H,2-4,6-8,10,13,17-18,21-22H2,1H3,(H,37,38)/b9-5-,19-16-,25-11+,30-15+/t24-,27+,29-,31?,33+,34-/m0/s1. The molecule has 2 bridgehead atoms. The lowest BCUT2D eigenvalue weighted by molar-refractivity contribution is -0.154. The van der Waals surface area contributed by atoms with Gasteiger partial charge in [-0.1, -0.05) is 42.3 Å². The minimum atomic E-state index is -1.96. The number of hydrogen-bond acceptors (Lipinski definition) is 5. The van der Waals surface area contributed by atoms with Gasteiger partial charge in [0.2, 0.25) is 0 Å². The molecule has 1 aromatic rings. The number of fused-ring (bicyclic) bond motifs is 7. The summed E-state index contributed by atoms with van der Waals surface area (Å²) in [7, 11) is 1.81. The summed E-state index contributed by atoms with van der Waals surface area (Å²) < 4.78 is 12.3. The maximum absolute atomic E-state index is 12.5. The SMILES string of the molecule is CO[C@H]1/C=C\CCCCC[C@@](O)(C(=O)O)C2=C/C=C3/OC3[C@]3(CCCc4cc(Cl)ccc43)CN(/C=C\2)C[C@@H]2CC[C@H]21. The van der Waals surface area contributed by atoms with Gasteiger partial charge in [0, 0.05) is 25.2 Å². The molecule has 7 heteroatoms. The maximum Gasteiger partial charge on any atom is 0.340 e. The molecular formula is C34H42ClNO5. The Morgan fingerprint density at radius 2 is 2.02 bits per heavy atom. The van der Waals surface area contributed by atoms with E-state index in [1.54, 1.807) is 6.08 Å². The summed E-state index contributed by atoms with van der Waals surface area (Å²) in [5.41, 5.74) is 0.800. The normalized spacial score (nSPS) is 39.3. The molecule has 2 aliphatic carbocycles. The molecule has 2 fully saturated rings. The van der Waals surface area contributed by atoms with Crippen LogP contribution in [0.4, 0.5) is 0 Å². The average Bonchev–Trinajstić information content (AvgIpc) is 3.73. The van der Waals surface area contributed by atoms with E-state index in [2.05, 4.69) is 29.2 Å². The van der Waals surface area contributed by atoms with E-state index in [1.807, 2.05) is 31.5 Å². The monoisotopic (exact) mass is 579 g/mol. The summed E-state index contributed by atoms with van der Waals surface area (Å²) in [6, 6.07) is 6.28. The van der Waals surface area contributed by atoms with Crippen LogP contribution >= 0.6 is 11.6 Å². The Hall–Kier alpha value is -2.54. The molecule has 0 amide bonds. The molecule has 5 aliphatic rings. The number of hydrogen-bond donors (Lipinski definition) is 2. The Labute approximate surface area is 248 Å². The third kappa shape index (κ3) is 5.51. The van der Waals surface area contributed by atoms with Crippen LogP contribution in [0.2, 0.25) is 5.02 Å². The molecule has 1 aromatic carbocycles. The van der Waals surface area contributed by atoms with Crippen molar-refractivity contribution in [3.8, 4) is 0 Å². The Balaban J connectivity index is 1.43. The van der Waals surface area contributed by atoms with Crippen molar-refractivity contribution in [2.75, 3.05) is 20.2 Å². The third-order valence-corrected chi connectivity index (χ3v) is 10.4. The minimum absolute atomic E-state index is 0.0930. The van der Waals surface area contributed by atoms with Gasteiger partial charge in [-0.2, -0.15) is 0 Å². The number of carboxylic acids is 1. The van der Waals surface area contributed by atoms with E-state index in [4.69, 9.17) is 21.1 Å². The van der Waals surface area contributed by atoms with E-state index >= 15 is 0 Å². The van der Waals surface area contributed by atoms with Crippen LogP contribution in [0.25, 0.3) is 0 Å². The Morgan fingerprint density at radius 3 is 2.80 bits per heavy atom. The molecule has 3 heterocycles. The molecule has 41 heavy (non-hydrogen) atoms. The van der Waals surface area contributed by atoms with Gasteiger partial charge < -0.3 is 24.6 Å². The van der Waals surface area contributed by atoms with Crippen LogP contribution in [0.3, 0.4) is 0 Å². The van der Waals surface area contributed by atoms with E-state index in [9.17, 15) is 15.0 Å². The largest absolute Gasteiger partial charge is 0.482 e. The molecular weight excluding hydrogens is 538 g/mol. The fourth-order valence-electron chi connectivity index (χ4n) is 7.72. The summed E-state index contributed by atoms with van der Waals surface area (Å²) in [5.74, 6) is 0.548. The minimum Gasteiger partial charge on any atom is -0.482 e. The van der Waals surface area contributed by atoms with E-state index in [1.165, 1.54) is 11.1 Å². The topological polar surface area (TPSA) is 82.5 Å². The lowest BCUT2D eigenvalue weighted by atomic mass is 9.66. The molecule has 6 atom stereocenters. The number of methoxy groups -OCH3 is 1. The fraction of sp³-hybridized carbons (Fsp3) is 0.559. The molecule has 0 radical (unpaired) electrons. The van der Waals surface area contributed by atoms with Crippen molar-refractivity contribution in [1.29, 1.82) is 0 Å². The predicted molar refractivity (Wildman–Crippen MR) is 160 cm³/mol. The van der Waals surface area contributed by atoms with Crippen molar-refractivity contribution >= 4 is 17.6 Å². The number of halogens is 1. The summed E-state index contributed by atoms with van der Waals surface area (Å²) in [4.78, 5) is 14.9. The first-order valence-electron chi connectivity index (χ1n) is 15.3. The second-order valence-electron chi connectivity index (χ2n) is 12.6. The molecule has 1 spiro atoms. The number of carboxylic acid groups (broad SMARTS) is 1.